The molecule has 0 aliphatic carbocycles. The van der Waals surface area contributed by atoms with Crippen LogP contribution < -0.4 is 0 Å². The summed E-state index contributed by atoms with van der Waals surface area (Å²) in [5.74, 6) is 0. The van der Waals surface area contributed by atoms with Crippen LogP contribution in [-0.4, -0.2) is 9.97 Å². The Hall–Kier alpha value is -4.46. The van der Waals surface area contributed by atoms with Gasteiger partial charge in [0.15, 0.2) is 0 Å². The monoisotopic (exact) mass is 632 g/mol. The van der Waals surface area contributed by atoms with Crippen LogP contribution in [0.1, 0.15) is 0 Å². The average molecular weight is 633 g/mol. The van der Waals surface area contributed by atoms with Crippen LogP contribution in [-0.2, 0) is 0 Å². The van der Waals surface area contributed by atoms with E-state index >= 15 is 0 Å². The van der Waals surface area contributed by atoms with Gasteiger partial charge in [0.2, 0.25) is 0 Å². The second-order valence-corrected chi connectivity index (χ2v) is 15.3. The van der Waals surface area contributed by atoms with Crippen molar-refractivity contribution in [1.82, 2.24) is 9.97 Å². The summed E-state index contributed by atoms with van der Waals surface area (Å²) in [4.78, 5) is 10.1. The quantitative estimate of drug-likeness (QED) is 0.194. The molecule has 10 rings (SSSR count). The first-order chi connectivity index (χ1) is 21.7. The minimum absolute atomic E-state index is 1.03. The highest BCUT2D eigenvalue weighted by molar-refractivity contribution is 7.26. The van der Waals surface area contributed by atoms with E-state index < -0.39 is 0 Å². The van der Waals surface area contributed by atoms with Crippen molar-refractivity contribution in [1.29, 1.82) is 0 Å². The summed E-state index contributed by atoms with van der Waals surface area (Å²) in [7, 11) is 0. The predicted octanol–water partition coefficient (Wildman–Crippen LogP) is 12.6. The van der Waals surface area contributed by atoms with Gasteiger partial charge in [-0.3, -0.25) is 0 Å². The molecular formula is C38H20N2S4. The molecule has 0 N–H and O–H groups in total. The van der Waals surface area contributed by atoms with Crippen LogP contribution in [0.2, 0.25) is 0 Å². The van der Waals surface area contributed by atoms with E-state index in [9.17, 15) is 0 Å². The van der Waals surface area contributed by atoms with Gasteiger partial charge in [-0.1, -0.05) is 54.6 Å². The van der Waals surface area contributed by atoms with Crippen molar-refractivity contribution < 1.29 is 0 Å². The molecule has 0 saturated heterocycles. The van der Waals surface area contributed by atoms with E-state index in [0.29, 0.717) is 0 Å². The molecule has 0 amide bonds. The number of fused-ring (bicyclic) bond motifs is 8. The Bertz CT molecular complexity index is 2630. The lowest BCUT2D eigenvalue weighted by Crippen LogP contribution is -1.78. The molecule has 206 valence electrons. The van der Waals surface area contributed by atoms with Crippen LogP contribution in [0.15, 0.2) is 121 Å². The normalized spacial score (nSPS) is 12.1. The van der Waals surface area contributed by atoms with Gasteiger partial charge in [-0.15, -0.1) is 45.3 Å². The smallest absolute Gasteiger partial charge is 0.124 e. The number of thiazole rings is 2. The Morgan fingerprint density at radius 2 is 0.750 bits per heavy atom. The third-order valence-electron chi connectivity index (χ3n) is 8.36. The zero-order valence-electron chi connectivity index (χ0n) is 23.1. The van der Waals surface area contributed by atoms with E-state index in [2.05, 4.69) is 121 Å². The topological polar surface area (TPSA) is 25.8 Å². The standard InChI is InChI=1S/C38H20N2S4/c1-3-7-31-25(5-1)27-17-21(11-15-33(27)41-31)22-9-13-29-35(19-22)43-38(40-29)24-10-14-30-36(20-24)44-37(39-30)23-12-16-34-28(18-23)26-6-2-4-8-32(26)42-34/h1-20H. The molecule has 0 fully saturated rings. The van der Waals surface area contributed by atoms with Crippen LogP contribution >= 0.6 is 45.3 Å². The summed E-state index contributed by atoms with van der Waals surface area (Å²) in [6.07, 6.45) is 0. The van der Waals surface area contributed by atoms with E-state index in [1.807, 2.05) is 22.7 Å². The minimum Gasteiger partial charge on any atom is -0.236 e. The average Bonchev–Trinajstić information content (AvgIpc) is 3.85. The third kappa shape index (κ3) is 3.89. The van der Waals surface area contributed by atoms with Gasteiger partial charge in [-0.05, 0) is 77.9 Å². The number of thiophene rings is 2. The fourth-order valence-electron chi connectivity index (χ4n) is 6.17. The molecule has 10 aromatic rings. The van der Waals surface area contributed by atoms with Crippen LogP contribution in [0.3, 0.4) is 0 Å². The first-order valence-corrected chi connectivity index (χ1v) is 17.7. The van der Waals surface area contributed by atoms with E-state index in [1.165, 1.54) is 66.4 Å². The number of hydrogen-bond donors (Lipinski definition) is 0. The van der Waals surface area contributed by atoms with Crippen LogP contribution in [0.25, 0.3) is 93.0 Å². The SMILES string of the molecule is c1ccc2c(c1)sc1ccc(-c3ccc4nc(-c5ccc6nc(-c7ccc8sc9ccccc9c8c7)sc6c5)sc4c3)cc12. The molecule has 0 aliphatic rings. The molecule has 44 heavy (non-hydrogen) atoms. The van der Waals surface area contributed by atoms with Gasteiger partial charge in [-0.25, -0.2) is 9.97 Å². The lowest BCUT2D eigenvalue weighted by molar-refractivity contribution is 1.47. The Balaban J connectivity index is 1.01. The highest BCUT2D eigenvalue weighted by Gasteiger charge is 2.14. The maximum atomic E-state index is 5.03. The summed E-state index contributed by atoms with van der Waals surface area (Å²) in [6.45, 7) is 0. The number of benzene rings is 6. The molecule has 0 spiro atoms. The Morgan fingerprint density at radius 3 is 1.39 bits per heavy atom. The van der Waals surface area contributed by atoms with Crippen molar-refractivity contribution in [3.05, 3.63) is 121 Å². The van der Waals surface area contributed by atoms with Crippen molar-refractivity contribution in [3.63, 3.8) is 0 Å². The molecule has 0 aliphatic heterocycles. The molecule has 0 saturated carbocycles. The highest BCUT2D eigenvalue weighted by atomic mass is 32.1. The highest BCUT2D eigenvalue weighted by Crippen LogP contribution is 2.41. The van der Waals surface area contributed by atoms with E-state index in [-0.39, 0.29) is 0 Å². The Morgan fingerprint density at radius 1 is 0.318 bits per heavy atom. The van der Waals surface area contributed by atoms with Gasteiger partial charge in [-0.2, -0.15) is 0 Å². The van der Waals surface area contributed by atoms with E-state index in [4.69, 9.17) is 9.97 Å². The second kappa shape index (κ2) is 9.52. The Labute approximate surface area is 268 Å². The molecule has 4 aromatic heterocycles. The summed E-state index contributed by atoms with van der Waals surface area (Å²) >= 11 is 7.22. The first kappa shape index (κ1) is 24.9. The van der Waals surface area contributed by atoms with Crippen molar-refractivity contribution in [2.75, 3.05) is 0 Å². The third-order valence-corrected chi connectivity index (χ3v) is 12.8. The van der Waals surface area contributed by atoms with Crippen molar-refractivity contribution >= 4 is 106 Å². The van der Waals surface area contributed by atoms with Crippen molar-refractivity contribution in [3.8, 4) is 32.3 Å². The number of nitrogens with zero attached hydrogens (tertiary/aromatic N) is 2. The summed E-state index contributed by atoms with van der Waals surface area (Å²) < 4.78 is 7.70. The van der Waals surface area contributed by atoms with E-state index in [1.54, 1.807) is 22.7 Å². The summed E-state index contributed by atoms with van der Waals surface area (Å²) in [6, 6.07) is 44.1. The fourth-order valence-corrected chi connectivity index (χ4v) is 10.3. The van der Waals surface area contributed by atoms with Gasteiger partial charge < -0.3 is 0 Å². The molecule has 6 aromatic carbocycles. The van der Waals surface area contributed by atoms with Gasteiger partial charge >= 0.3 is 0 Å². The van der Waals surface area contributed by atoms with Gasteiger partial charge in [0, 0.05) is 51.5 Å². The first-order valence-electron chi connectivity index (χ1n) is 14.4. The molecule has 0 atom stereocenters. The molecule has 2 nitrogen and oxygen atoms in total. The summed E-state index contributed by atoms with van der Waals surface area (Å²) in [5.41, 5.74) is 6.85. The molecule has 0 unspecified atom stereocenters. The largest absolute Gasteiger partial charge is 0.236 e. The van der Waals surface area contributed by atoms with Gasteiger partial charge in [0.05, 0.1) is 20.4 Å². The molecule has 4 heterocycles. The van der Waals surface area contributed by atoms with Crippen LogP contribution in [0.5, 0.6) is 0 Å². The maximum absolute atomic E-state index is 5.03. The van der Waals surface area contributed by atoms with E-state index in [0.717, 1.165) is 26.6 Å². The van der Waals surface area contributed by atoms with Crippen LogP contribution in [0.4, 0.5) is 0 Å². The number of rotatable bonds is 3. The lowest BCUT2D eigenvalue weighted by Gasteiger charge is -2.02. The molecule has 0 bridgehead atoms. The second-order valence-electron chi connectivity index (χ2n) is 11.0. The zero-order valence-corrected chi connectivity index (χ0v) is 26.3. The van der Waals surface area contributed by atoms with Gasteiger partial charge in [0.1, 0.15) is 10.0 Å². The van der Waals surface area contributed by atoms with Crippen molar-refractivity contribution in [2.45, 2.75) is 0 Å². The van der Waals surface area contributed by atoms with Gasteiger partial charge in [0.25, 0.3) is 0 Å². The number of aromatic nitrogens is 2. The summed E-state index contributed by atoms with van der Waals surface area (Å²) in [5, 5.41) is 7.38. The lowest BCUT2D eigenvalue weighted by atomic mass is 10.0. The molecular weight excluding hydrogens is 613 g/mol. The predicted molar refractivity (Wildman–Crippen MR) is 195 cm³/mol. The molecule has 0 radical (unpaired) electrons. The Kier molecular flexibility index (Phi) is 5.39. The number of hydrogen-bond acceptors (Lipinski definition) is 6. The minimum atomic E-state index is 1.03. The fraction of sp³-hybridized carbons (Fsp3) is 0. The maximum Gasteiger partial charge on any atom is 0.124 e. The van der Waals surface area contributed by atoms with Crippen LogP contribution in [0, 0.1) is 0 Å². The zero-order chi connectivity index (χ0) is 28.8. The molecule has 6 heteroatoms. The van der Waals surface area contributed by atoms with Crippen molar-refractivity contribution in [2.24, 2.45) is 0 Å².